The second-order valence-corrected chi connectivity index (χ2v) is 4.19. The van der Waals surface area contributed by atoms with Crippen molar-refractivity contribution >= 4 is 5.69 Å². The van der Waals surface area contributed by atoms with Gasteiger partial charge in [-0.25, -0.2) is 0 Å². The lowest BCUT2D eigenvalue weighted by atomic mass is 9.97. The summed E-state index contributed by atoms with van der Waals surface area (Å²) in [5.74, 6) is 0.314. The number of hydrogen-bond donors (Lipinski definition) is 1. The lowest BCUT2D eigenvalue weighted by Crippen LogP contribution is -2.26. The van der Waals surface area contributed by atoms with Crippen LogP contribution in [0.5, 0.6) is 5.75 Å². The SMILES string of the molecule is COc1ccc([C@@H]2CCCCN2)cc1[N+](=O)[O-]. The minimum Gasteiger partial charge on any atom is -0.490 e. The number of hydrogen-bond acceptors (Lipinski definition) is 4. The molecule has 2 rings (SSSR count). The monoisotopic (exact) mass is 236 g/mol. The van der Waals surface area contributed by atoms with Crippen molar-refractivity contribution in [1.82, 2.24) is 5.32 Å². The summed E-state index contributed by atoms with van der Waals surface area (Å²) in [6, 6.07) is 5.41. The summed E-state index contributed by atoms with van der Waals surface area (Å²) in [6.07, 6.45) is 3.37. The lowest BCUT2D eigenvalue weighted by molar-refractivity contribution is -0.385. The Hall–Kier alpha value is -1.62. The van der Waals surface area contributed by atoms with Gasteiger partial charge >= 0.3 is 5.69 Å². The Kier molecular flexibility index (Phi) is 3.58. The molecule has 0 bridgehead atoms. The van der Waals surface area contributed by atoms with Gasteiger partial charge in [-0.1, -0.05) is 12.5 Å². The Morgan fingerprint density at radius 3 is 2.88 bits per heavy atom. The maximum absolute atomic E-state index is 10.9. The molecule has 1 heterocycles. The number of ether oxygens (including phenoxy) is 1. The van der Waals surface area contributed by atoms with Crippen LogP contribution in [0.3, 0.4) is 0 Å². The molecule has 1 N–H and O–H groups in total. The molecule has 0 amide bonds. The third-order valence-electron chi connectivity index (χ3n) is 3.11. The zero-order chi connectivity index (χ0) is 12.3. The van der Waals surface area contributed by atoms with Crippen molar-refractivity contribution in [2.24, 2.45) is 0 Å². The third-order valence-corrected chi connectivity index (χ3v) is 3.11. The average Bonchev–Trinajstić information content (AvgIpc) is 2.39. The number of methoxy groups -OCH3 is 1. The van der Waals surface area contributed by atoms with E-state index in [0.29, 0.717) is 5.75 Å². The molecule has 1 atom stereocenters. The van der Waals surface area contributed by atoms with Gasteiger partial charge < -0.3 is 10.1 Å². The maximum atomic E-state index is 10.9. The molecule has 1 aromatic carbocycles. The minimum absolute atomic E-state index is 0.0392. The Morgan fingerprint density at radius 2 is 2.29 bits per heavy atom. The molecule has 1 aromatic rings. The summed E-state index contributed by atoms with van der Waals surface area (Å²) in [6.45, 7) is 0.977. The van der Waals surface area contributed by atoms with Crippen molar-refractivity contribution in [3.8, 4) is 5.75 Å². The average molecular weight is 236 g/mol. The molecular weight excluding hydrogens is 220 g/mol. The van der Waals surface area contributed by atoms with Crippen LogP contribution in [0.15, 0.2) is 18.2 Å². The first-order valence-corrected chi connectivity index (χ1v) is 5.78. The molecule has 1 aliphatic heterocycles. The van der Waals surface area contributed by atoms with E-state index in [1.165, 1.54) is 13.5 Å². The normalized spacial score (nSPS) is 19.9. The number of nitrogens with zero attached hydrogens (tertiary/aromatic N) is 1. The third kappa shape index (κ3) is 2.55. The smallest absolute Gasteiger partial charge is 0.311 e. The van der Waals surface area contributed by atoms with Crippen LogP contribution >= 0.6 is 0 Å². The number of rotatable bonds is 3. The van der Waals surface area contributed by atoms with Crippen LogP contribution in [0.2, 0.25) is 0 Å². The predicted octanol–water partition coefficient (Wildman–Crippen LogP) is 2.42. The summed E-state index contributed by atoms with van der Waals surface area (Å²) in [7, 11) is 1.45. The van der Waals surface area contributed by atoms with Gasteiger partial charge in [0, 0.05) is 12.1 Å². The molecule has 1 saturated heterocycles. The van der Waals surface area contributed by atoms with E-state index >= 15 is 0 Å². The molecule has 1 aliphatic rings. The number of nitro benzene ring substituents is 1. The van der Waals surface area contributed by atoms with Gasteiger partial charge in [-0.3, -0.25) is 10.1 Å². The van der Waals surface area contributed by atoms with Crippen LogP contribution in [-0.4, -0.2) is 18.6 Å². The molecule has 0 aromatic heterocycles. The Balaban J connectivity index is 2.29. The van der Waals surface area contributed by atoms with Crippen LogP contribution in [0.1, 0.15) is 30.9 Å². The summed E-state index contributed by atoms with van der Waals surface area (Å²) >= 11 is 0. The molecule has 5 heteroatoms. The molecule has 1 fully saturated rings. The van der Waals surface area contributed by atoms with E-state index in [1.54, 1.807) is 12.1 Å². The maximum Gasteiger partial charge on any atom is 0.311 e. The van der Waals surface area contributed by atoms with Gasteiger partial charge in [0.25, 0.3) is 0 Å². The molecular formula is C12H16N2O3. The van der Waals surface area contributed by atoms with Crippen molar-refractivity contribution in [3.05, 3.63) is 33.9 Å². The van der Waals surface area contributed by atoms with Crippen molar-refractivity contribution < 1.29 is 9.66 Å². The highest BCUT2D eigenvalue weighted by Gasteiger charge is 2.20. The zero-order valence-corrected chi connectivity index (χ0v) is 9.81. The van der Waals surface area contributed by atoms with Gasteiger partial charge in [-0.15, -0.1) is 0 Å². The topological polar surface area (TPSA) is 64.4 Å². The molecule has 92 valence electrons. The van der Waals surface area contributed by atoms with Crippen LogP contribution < -0.4 is 10.1 Å². The zero-order valence-electron chi connectivity index (χ0n) is 9.81. The van der Waals surface area contributed by atoms with E-state index in [-0.39, 0.29) is 11.7 Å². The number of benzene rings is 1. The van der Waals surface area contributed by atoms with Gasteiger partial charge in [-0.05, 0) is 31.0 Å². The fraction of sp³-hybridized carbons (Fsp3) is 0.500. The van der Waals surface area contributed by atoms with Crippen molar-refractivity contribution in [2.45, 2.75) is 25.3 Å². The van der Waals surface area contributed by atoms with Gasteiger partial charge in [0.2, 0.25) is 0 Å². The van der Waals surface area contributed by atoms with E-state index in [1.807, 2.05) is 6.07 Å². The fourth-order valence-corrected chi connectivity index (χ4v) is 2.20. The van der Waals surface area contributed by atoms with Gasteiger partial charge in [0.1, 0.15) is 0 Å². The first-order chi connectivity index (χ1) is 8.22. The van der Waals surface area contributed by atoms with Crippen LogP contribution in [0.25, 0.3) is 0 Å². The summed E-state index contributed by atoms with van der Waals surface area (Å²) in [5.41, 5.74) is 1.01. The van der Waals surface area contributed by atoms with Crippen LogP contribution in [0.4, 0.5) is 5.69 Å². The Bertz CT molecular complexity index is 414. The van der Waals surface area contributed by atoms with E-state index in [9.17, 15) is 10.1 Å². The second-order valence-electron chi connectivity index (χ2n) is 4.19. The molecule has 0 saturated carbocycles. The van der Waals surface area contributed by atoms with E-state index in [2.05, 4.69) is 5.32 Å². The molecule has 0 aliphatic carbocycles. The van der Waals surface area contributed by atoms with Gasteiger partial charge in [0.05, 0.1) is 12.0 Å². The number of piperidine rings is 1. The molecule has 0 unspecified atom stereocenters. The van der Waals surface area contributed by atoms with Gasteiger partial charge in [0.15, 0.2) is 5.75 Å². The molecule has 5 nitrogen and oxygen atoms in total. The van der Waals surface area contributed by atoms with Crippen molar-refractivity contribution in [1.29, 1.82) is 0 Å². The Labute approximate surface area is 99.9 Å². The minimum atomic E-state index is -0.398. The first-order valence-electron chi connectivity index (χ1n) is 5.78. The highest BCUT2D eigenvalue weighted by Crippen LogP contribution is 2.32. The largest absolute Gasteiger partial charge is 0.490 e. The summed E-state index contributed by atoms with van der Waals surface area (Å²) in [4.78, 5) is 10.5. The molecule has 0 spiro atoms. The highest BCUT2D eigenvalue weighted by molar-refractivity contribution is 5.49. The first kappa shape index (κ1) is 11.9. The van der Waals surface area contributed by atoms with Crippen molar-refractivity contribution in [2.75, 3.05) is 13.7 Å². The predicted molar refractivity (Wildman–Crippen MR) is 64.2 cm³/mol. The summed E-state index contributed by atoms with van der Waals surface area (Å²) in [5, 5.41) is 14.3. The Morgan fingerprint density at radius 1 is 1.47 bits per heavy atom. The highest BCUT2D eigenvalue weighted by atomic mass is 16.6. The van der Waals surface area contributed by atoms with E-state index in [4.69, 9.17) is 4.74 Å². The lowest BCUT2D eigenvalue weighted by Gasteiger charge is -2.23. The second kappa shape index (κ2) is 5.14. The van der Waals surface area contributed by atoms with E-state index in [0.717, 1.165) is 24.9 Å². The fourth-order valence-electron chi connectivity index (χ4n) is 2.20. The van der Waals surface area contributed by atoms with E-state index < -0.39 is 4.92 Å². The molecule has 17 heavy (non-hydrogen) atoms. The number of nitrogens with one attached hydrogen (secondary N) is 1. The van der Waals surface area contributed by atoms with Crippen molar-refractivity contribution in [3.63, 3.8) is 0 Å². The van der Waals surface area contributed by atoms with Crippen LogP contribution in [-0.2, 0) is 0 Å². The quantitative estimate of drug-likeness (QED) is 0.646. The standard InChI is InChI=1S/C12H16N2O3/c1-17-12-6-5-9(8-11(12)14(15)16)10-4-2-3-7-13-10/h5-6,8,10,13H,2-4,7H2,1H3/t10-/m0/s1. The number of nitro groups is 1. The summed E-state index contributed by atoms with van der Waals surface area (Å²) < 4.78 is 4.99. The van der Waals surface area contributed by atoms with Crippen LogP contribution in [0, 0.1) is 10.1 Å². The van der Waals surface area contributed by atoms with Gasteiger partial charge in [-0.2, -0.15) is 0 Å². The molecule has 0 radical (unpaired) electrons.